The first-order valence-electron chi connectivity index (χ1n) is 9.21. The molecule has 0 unspecified atom stereocenters. The second-order valence-corrected chi connectivity index (χ2v) is 6.68. The van der Waals surface area contributed by atoms with Crippen molar-refractivity contribution >= 4 is 11.8 Å². The molecule has 0 radical (unpaired) electrons. The van der Waals surface area contributed by atoms with E-state index in [1.54, 1.807) is 0 Å². The van der Waals surface area contributed by atoms with Crippen molar-refractivity contribution in [2.75, 3.05) is 32.6 Å². The van der Waals surface area contributed by atoms with Crippen molar-refractivity contribution in [3.63, 3.8) is 0 Å². The average molecular weight is 363 g/mol. The van der Waals surface area contributed by atoms with Crippen LogP contribution in [0.15, 0.2) is 85.6 Å². The minimum Gasteiger partial charge on any atom is -0.383 e. The topological polar surface area (TPSA) is 24.3 Å². The van der Waals surface area contributed by atoms with Crippen LogP contribution in [0.3, 0.4) is 0 Å². The third kappa shape index (κ3) is 7.40. The van der Waals surface area contributed by atoms with Crippen molar-refractivity contribution < 1.29 is 0 Å². The summed E-state index contributed by atoms with van der Waals surface area (Å²) in [5, 5.41) is 0. The van der Waals surface area contributed by atoms with E-state index in [9.17, 15) is 0 Å². The lowest BCUT2D eigenvalue weighted by Gasteiger charge is -2.19. The van der Waals surface area contributed by atoms with Gasteiger partial charge in [0.05, 0.1) is 6.33 Å². The fraction of sp³-hybridized carbons (Fsp3) is 0.261. The summed E-state index contributed by atoms with van der Waals surface area (Å²) < 4.78 is 2.11. The second-order valence-electron chi connectivity index (χ2n) is 6.68. The van der Waals surface area contributed by atoms with E-state index >= 15 is 0 Å². The van der Waals surface area contributed by atoms with Gasteiger partial charge in [-0.25, -0.2) is 4.98 Å². The Morgan fingerprint density at radius 2 is 1.93 bits per heavy atom. The van der Waals surface area contributed by atoms with Gasteiger partial charge in [0.1, 0.15) is 0 Å². The summed E-state index contributed by atoms with van der Waals surface area (Å²) in [6, 6.07) is 8.64. The molecule has 2 rings (SSSR count). The van der Waals surface area contributed by atoms with E-state index in [0.29, 0.717) is 0 Å². The first kappa shape index (κ1) is 20.3. The molecule has 142 valence electrons. The predicted molar refractivity (Wildman–Crippen MR) is 117 cm³/mol. The molecule has 0 atom stereocenters. The van der Waals surface area contributed by atoms with Crippen molar-refractivity contribution in [3.05, 3.63) is 91.2 Å². The summed E-state index contributed by atoms with van der Waals surface area (Å²) in [5.74, 6) is 0. The third-order valence-corrected chi connectivity index (χ3v) is 4.15. The largest absolute Gasteiger partial charge is 0.383 e. The molecule has 0 aliphatic heterocycles. The fourth-order valence-corrected chi connectivity index (χ4v) is 2.61. The molecule has 0 bridgehead atoms. The third-order valence-electron chi connectivity index (χ3n) is 4.15. The maximum Gasteiger partial charge on any atom is 0.0945 e. The zero-order valence-corrected chi connectivity index (χ0v) is 16.6. The van der Waals surface area contributed by atoms with Gasteiger partial charge in [-0.3, -0.25) is 0 Å². The van der Waals surface area contributed by atoms with Gasteiger partial charge in [0.15, 0.2) is 0 Å². The zero-order valence-electron chi connectivity index (χ0n) is 16.6. The van der Waals surface area contributed by atoms with Crippen molar-refractivity contribution in [3.8, 4) is 0 Å². The number of imidazole rings is 1. The van der Waals surface area contributed by atoms with Crippen LogP contribution in [0.4, 0.5) is 5.69 Å². The number of aryl methyl sites for hydroxylation is 1. The molecule has 27 heavy (non-hydrogen) atoms. The fourth-order valence-electron chi connectivity index (χ4n) is 2.61. The molecule has 0 aliphatic carbocycles. The molecule has 0 saturated carbocycles. The van der Waals surface area contributed by atoms with E-state index in [4.69, 9.17) is 0 Å². The van der Waals surface area contributed by atoms with Crippen LogP contribution in [0.2, 0.25) is 0 Å². The lowest BCUT2D eigenvalue weighted by Crippen LogP contribution is -2.19. The summed E-state index contributed by atoms with van der Waals surface area (Å²) >= 11 is 0. The predicted octanol–water partition coefficient (Wildman–Crippen LogP) is 4.61. The Bertz CT molecular complexity index is 765. The molecule has 2 aromatic rings. The average Bonchev–Trinajstić information content (AvgIpc) is 3.17. The smallest absolute Gasteiger partial charge is 0.0945 e. The van der Waals surface area contributed by atoms with E-state index in [1.165, 1.54) is 11.3 Å². The SMILES string of the molecule is C=C/C=C(\C=C/N(C)C)/C=C/c1ccc(N(C)CCCn2ccnc2)cc1. The van der Waals surface area contributed by atoms with Gasteiger partial charge in [0.25, 0.3) is 0 Å². The van der Waals surface area contributed by atoms with Gasteiger partial charge < -0.3 is 14.4 Å². The molecule has 0 saturated heterocycles. The lowest BCUT2D eigenvalue weighted by atomic mass is 10.1. The number of allylic oxidation sites excluding steroid dienone is 5. The minimum atomic E-state index is 0.990. The van der Waals surface area contributed by atoms with Crippen LogP contribution in [0, 0.1) is 0 Å². The Kier molecular flexibility index (Phi) is 8.17. The maximum absolute atomic E-state index is 4.08. The first-order valence-corrected chi connectivity index (χ1v) is 9.21. The number of rotatable bonds is 10. The van der Waals surface area contributed by atoms with E-state index in [-0.39, 0.29) is 0 Å². The van der Waals surface area contributed by atoms with Crippen molar-refractivity contribution in [1.29, 1.82) is 0 Å². The Morgan fingerprint density at radius 1 is 1.15 bits per heavy atom. The number of nitrogens with zero attached hydrogens (tertiary/aromatic N) is 4. The summed E-state index contributed by atoms with van der Waals surface area (Å²) in [6.07, 6.45) is 18.9. The van der Waals surface area contributed by atoms with Crippen LogP contribution in [0.1, 0.15) is 12.0 Å². The molecule has 0 aliphatic rings. The summed E-state index contributed by atoms with van der Waals surface area (Å²) in [5.41, 5.74) is 3.52. The quantitative estimate of drug-likeness (QED) is 0.577. The van der Waals surface area contributed by atoms with Gasteiger partial charge in [0.2, 0.25) is 0 Å². The van der Waals surface area contributed by atoms with Gasteiger partial charge in [-0.1, -0.05) is 43.0 Å². The monoisotopic (exact) mass is 362 g/mol. The molecule has 4 nitrogen and oxygen atoms in total. The van der Waals surface area contributed by atoms with Crippen LogP contribution in [-0.2, 0) is 6.54 Å². The van der Waals surface area contributed by atoms with Crippen LogP contribution >= 0.6 is 0 Å². The number of hydrogen-bond acceptors (Lipinski definition) is 3. The van der Waals surface area contributed by atoms with Crippen LogP contribution in [-0.4, -0.2) is 42.1 Å². The summed E-state index contributed by atoms with van der Waals surface area (Å²) in [7, 11) is 6.16. The molecule has 1 heterocycles. The van der Waals surface area contributed by atoms with E-state index in [1.807, 2.05) is 56.1 Å². The van der Waals surface area contributed by atoms with Crippen LogP contribution in [0.25, 0.3) is 6.08 Å². The van der Waals surface area contributed by atoms with Crippen molar-refractivity contribution in [2.45, 2.75) is 13.0 Å². The number of anilines is 1. The molecular weight excluding hydrogens is 332 g/mol. The van der Waals surface area contributed by atoms with Crippen LogP contribution < -0.4 is 4.90 Å². The van der Waals surface area contributed by atoms with Crippen LogP contribution in [0.5, 0.6) is 0 Å². The van der Waals surface area contributed by atoms with Gasteiger partial charge >= 0.3 is 0 Å². The molecular formula is C23H30N4. The Morgan fingerprint density at radius 3 is 2.56 bits per heavy atom. The van der Waals surface area contributed by atoms with Crippen molar-refractivity contribution in [1.82, 2.24) is 14.5 Å². The number of aromatic nitrogens is 2. The summed E-state index contributed by atoms with van der Waals surface area (Å²) in [6.45, 7) is 5.78. The molecule has 0 spiro atoms. The zero-order chi connectivity index (χ0) is 19.5. The highest BCUT2D eigenvalue weighted by molar-refractivity contribution is 5.58. The highest BCUT2D eigenvalue weighted by atomic mass is 15.1. The Labute approximate surface area is 163 Å². The highest BCUT2D eigenvalue weighted by Crippen LogP contribution is 2.16. The van der Waals surface area contributed by atoms with Gasteiger partial charge in [-0.15, -0.1) is 0 Å². The Hall–Kier alpha value is -3.01. The standard InChI is InChI=1S/C23H30N4/c1-5-7-21(14-18-25(2)3)8-9-22-10-12-23(13-11-22)26(4)16-6-17-27-19-15-24-20-27/h5,7-15,18-20H,1,6,16-17H2,2-4H3/b9-8+,18-14-,21-7-. The number of benzene rings is 1. The molecule has 1 aromatic heterocycles. The molecule has 0 amide bonds. The molecule has 1 aromatic carbocycles. The Balaban J connectivity index is 1.91. The lowest BCUT2D eigenvalue weighted by molar-refractivity contribution is 0.563. The van der Waals surface area contributed by atoms with E-state index in [2.05, 4.69) is 70.6 Å². The highest BCUT2D eigenvalue weighted by Gasteiger charge is 2.01. The van der Waals surface area contributed by atoms with Crippen molar-refractivity contribution in [2.24, 2.45) is 0 Å². The van der Waals surface area contributed by atoms with E-state index < -0.39 is 0 Å². The van der Waals surface area contributed by atoms with E-state index in [0.717, 1.165) is 25.1 Å². The number of hydrogen-bond donors (Lipinski definition) is 0. The first-order chi connectivity index (χ1) is 13.1. The van der Waals surface area contributed by atoms with Gasteiger partial charge in [0, 0.05) is 52.3 Å². The maximum atomic E-state index is 4.08. The molecule has 0 fully saturated rings. The molecule has 0 N–H and O–H groups in total. The molecule has 4 heteroatoms. The second kappa shape index (κ2) is 10.9. The minimum absolute atomic E-state index is 0.990. The van der Waals surface area contributed by atoms with Gasteiger partial charge in [-0.2, -0.15) is 0 Å². The van der Waals surface area contributed by atoms with Gasteiger partial charge in [-0.05, 0) is 42.0 Å². The summed E-state index contributed by atoms with van der Waals surface area (Å²) in [4.78, 5) is 8.38. The normalized spacial score (nSPS) is 12.0.